The van der Waals surface area contributed by atoms with Gasteiger partial charge in [-0.3, -0.25) is 4.98 Å². The first kappa shape index (κ1) is 16.1. The standard InChI is InChI=1S/C18H24N2S/c1-3-10-20-17(12-16-8-6-11-19-13-16)14-21-18-9-5-4-7-15(18)2/h4-9,11,13,17,20H,3,10,12,14H2,1-2H3. The van der Waals surface area contributed by atoms with E-state index in [9.17, 15) is 0 Å². The SMILES string of the molecule is CCCNC(CSc1ccccc1C)Cc1cccnc1. The molecule has 3 heteroatoms. The molecule has 1 unspecified atom stereocenters. The van der Waals surface area contributed by atoms with Gasteiger partial charge >= 0.3 is 0 Å². The lowest BCUT2D eigenvalue weighted by atomic mass is 10.1. The minimum Gasteiger partial charge on any atom is -0.313 e. The highest BCUT2D eigenvalue weighted by Crippen LogP contribution is 2.23. The predicted octanol–water partition coefficient (Wildman–Crippen LogP) is 4.09. The first-order valence-corrected chi connectivity index (χ1v) is 8.59. The average molecular weight is 300 g/mol. The van der Waals surface area contributed by atoms with Gasteiger partial charge in [0.1, 0.15) is 0 Å². The Morgan fingerprint density at radius 2 is 2.05 bits per heavy atom. The zero-order chi connectivity index (χ0) is 14.9. The third-order valence-corrected chi connectivity index (χ3v) is 4.76. The number of pyridine rings is 1. The van der Waals surface area contributed by atoms with E-state index in [2.05, 4.69) is 54.5 Å². The zero-order valence-electron chi connectivity index (χ0n) is 12.9. The average Bonchev–Trinajstić information content (AvgIpc) is 2.52. The normalized spacial score (nSPS) is 12.3. The number of benzene rings is 1. The van der Waals surface area contributed by atoms with E-state index in [0.29, 0.717) is 6.04 Å². The van der Waals surface area contributed by atoms with Gasteiger partial charge in [0, 0.05) is 29.1 Å². The van der Waals surface area contributed by atoms with Crippen LogP contribution in [0.1, 0.15) is 24.5 Å². The minimum atomic E-state index is 0.485. The molecule has 2 rings (SSSR count). The van der Waals surface area contributed by atoms with Gasteiger partial charge in [0.05, 0.1) is 0 Å². The minimum absolute atomic E-state index is 0.485. The molecule has 21 heavy (non-hydrogen) atoms. The van der Waals surface area contributed by atoms with Crippen LogP contribution in [0.3, 0.4) is 0 Å². The molecule has 0 amide bonds. The molecule has 0 aliphatic rings. The van der Waals surface area contributed by atoms with E-state index in [0.717, 1.165) is 18.7 Å². The summed E-state index contributed by atoms with van der Waals surface area (Å²) in [6.07, 6.45) is 6.00. The lowest BCUT2D eigenvalue weighted by Gasteiger charge is -2.18. The highest BCUT2D eigenvalue weighted by molar-refractivity contribution is 7.99. The fraction of sp³-hybridized carbons (Fsp3) is 0.389. The fourth-order valence-electron chi connectivity index (χ4n) is 2.25. The van der Waals surface area contributed by atoms with E-state index in [1.807, 2.05) is 30.2 Å². The van der Waals surface area contributed by atoms with Crippen molar-refractivity contribution < 1.29 is 0 Å². The van der Waals surface area contributed by atoms with Crippen LogP contribution in [-0.4, -0.2) is 23.3 Å². The summed E-state index contributed by atoms with van der Waals surface area (Å²) < 4.78 is 0. The molecule has 0 bridgehead atoms. The van der Waals surface area contributed by atoms with Crippen molar-refractivity contribution in [3.8, 4) is 0 Å². The van der Waals surface area contributed by atoms with Gasteiger partial charge < -0.3 is 5.32 Å². The first-order valence-electron chi connectivity index (χ1n) is 7.60. The highest BCUT2D eigenvalue weighted by Gasteiger charge is 2.10. The number of aromatic nitrogens is 1. The number of hydrogen-bond acceptors (Lipinski definition) is 3. The molecular weight excluding hydrogens is 276 g/mol. The lowest BCUT2D eigenvalue weighted by molar-refractivity contribution is 0.549. The van der Waals surface area contributed by atoms with Crippen molar-refractivity contribution in [3.63, 3.8) is 0 Å². The smallest absolute Gasteiger partial charge is 0.0300 e. The summed E-state index contributed by atoms with van der Waals surface area (Å²) in [5.74, 6) is 1.08. The van der Waals surface area contributed by atoms with Crippen LogP contribution >= 0.6 is 11.8 Å². The van der Waals surface area contributed by atoms with Gasteiger partial charge in [-0.25, -0.2) is 0 Å². The molecule has 0 saturated heterocycles. The predicted molar refractivity (Wildman–Crippen MR) is 91.9 cm³/mol. The number of rotatable bonds is 8. The molecule has 1 atom stereocenters. The second-order valence-electron chi connectivity index (χ2n) is 5.29. The molecule has 0 aliphatic heterocycles. The van der Waals surface area contributed by atoms with Crippen LogP contribution < -0.4 is 5.32 Å². The second kappa shape index (κ2) is 8.85. The lowest BCUT2D eigenvalue weighted by Crippen LogP contribution is -2.34. The van der Waals surface area contributed by atoms with E-state index in [1.54, 1.807) is 0 Å². The Bertz CT molecular complexity index is 528. The molecule has 1 heterocycles. The summed E-state index contributed by atoms with van der Waals surface area (Å²) in [6, 6.07) is 13.3. The van der Waals surface area contributed by atoms with E-state index in [4.69, 9.17) is 0 Å². The van der Waals surface area contributed by atoms with E-state index < -0.39 is 0 Å². The molecule has 112 valence electrons. The van der Waals surface area contributed by atoms with Crippen LogP contribution in [0.15, 0.2) is 53.7 Å². The molecule has 2 nitrogen and oxygen atoms in total. The maximum atomic E-state index is 4.22. The Balaban J connectivity index is 1.94. The van der Waals surface area contributed by atoms with Crippen molar-refractivity contribution in [3.05, 3.63) is 59.9 Å². The molecular formula is C18H24N2S. The first-order chi connectivity index (χ1) is 10.3. The van der Waals surface area contributed by atoms with Crippen LogP contribution in [-0.2, 0) is 6.42 Å². The molecule has 0 spiro atoms. The Hall–Kier alpha value is -1.32. The van der Waals surface area contributed by atoms with Crippen molar-refractivity contribution >= 4 is 11.8 Å². The highest BCUT2D eigenvalue weighted by atomic mass is 32.2. The number of aryl methyl sites for hydroxylation is 1. The zero-order valence-corrected chi connectivity index (χ0v) is 13.7. The number of thioether (sulfide) groups is 1. The van der Waals surface area contributed by atoms with Crippen molar-refractivity contribution in [2.45, 2.75) is 37.6 Å². The Morgan fingerprint density at radius 1 is 1.19 bits per heavy atom. The third kappa shape index (κ3) is 5.52. The number of hydrogen-bond donors (Lipinski definition) is 1. The largest absolute Gasteiger partial charge is 0.313 e. The topological polar surface area (TPSA) is 24.9 Å². The molecule has 1 aromatic carbocycles. The summed E-state index contributed by atoms with van der Waals surface area (Å²) in [4.78, 5) is 5.60. The van der Waals surface area contributed by atoms with Crippen LogP contribution in [0.4, 0.5) is 0 Å². The van der Waals surface area contributed by atoms with Gasteiger partial charge in [0.2, 0.25) is 0 Å². The molecule has 1 N–H and O–H groups in total. The maximum Gasteiger partial charge on any atom is 0.0300 e. The van der Waals surface area contributed by atoms with Gasteiger partial charge in [-0.05, 0) is 49.6 Å². The van der Waals surface area contributed by atoms with Crippen molar-refractivity contribution in [1.29, 1.82) is 0 Å². The molecule has 1 aromatic heterocycles. The third-order valence-electron chi connectivity index (χ3n) is 3.42. The van der Waals surface area contributed by atoms with E-state index >= 15 is 0 Å². The van der Waals surface area contributed by atoms with Gasteiger partial charge in [-0.15, -0.1) is 11.8 Å². The fourth-order valence-corrected chi connectivity index (χ4v) is 3.34. The van der Waals surface area contributed by atoms with Crippen molar-refractivity contribution in [2.24, 2.45) is 0 Å². The number of nitrogens with zero attached hydrogens (tertiary/aromatic N) is 1. The van der Waals surface area contributed by atoms with Crippen molar-refractivity contribution in [1.82, 2.24) is 10.3 Å². The summed E-state index contributed by atoms with van der Waals surface area (Å²) in [7, 11) is 0. The summed E-state index contributed by atoms with van der Waals surface area (Å²) in [5.41, 5.74) is 2.66. The molecule has 2 aromatic rings. The summed E-state index contributed by atoms with van der Waals surface area (Å²) in [6.45, 7) is 5.46. The monoisotopic (exact) mass is 300 g/mol. The van der Waals surface area contributed by atoms with Crippen LogP contribution in [0, 0.1) is 6.92 Å². The van der Waals surface area contributed by atoms with E-state index in [-0.39, 0.29) is 0 Å². The van der Waals surface area contributed by atoms with Crippen LogP contribution in [0.5, 0.6) is 0 Å². The van der Waals surface area contributed by atoms with Crippen LogP contribution in [0.25, 0.3) is 0 Å². The Labute approximate surface area is 132 Å². The van der Waals surface area contributed by atoms with Gasteiger partial charge in [0.15, 0.2) is 0 Å². The second-order valence-corrected chi connectivity index (χ2v) is 6.35. The summed E-state index contributed by atoms with van der Waals surface area (Å²) in [5, 5.41) is 3.66. The van der Waals surface area contributed by atoms with Gasteiger partial charge in [-0.1, -0.05) is 31.2 Å². The van der Waals surface area contributed by atoms with Gasteiger partial charge in [0.25, 0.3) is 0 Å². The molecule has 0 fully saturated rings. The molecule has 0 saturated carbocycles. The van der Waals surface area contributed by atoms with Gasteiger partial charge in [-0.2, -0.15) is 0 Å². The van der Waals surface area contributed by atoms with Crippen LogP contribution in [0.2, 0.25) is 0 Å². The van der Waals surface area contributed by atoms with E-state index in [1.165, 1.54) is 22.4 Å². The number of nitrogens with one attached hydrogen (secondary N) is 1. The summed E-state index contributed by atoms with van der Waals surface area (Å²) >= 11 is 1.94. The maximum absolute atomic E-state index is 4.22. The quantitative estimate of drug-likeness (QED) is 0.743. The Kier molecular flexibility index (Phi) is 6.77. The Morgan fingerprint density at radius 3 is 2.76 bits per heavy atom. The molecule has 0 aliphatic carbocycles. The molecule has 0 radical (unpaired) electrons. The van der Waals surface area contributed by atoms with Crippen molar-refractivity contribution in [2.75, 3.05) is 12.3 Å².